The average molecular weight is 375 g/mol. The summed E-state index contributed by atoms with van der Waals surface area (Å²) in [7, 11) is 0.586. The fourth-order valence-corrected chi connectivity index (χ4v) is 3.13. The predicted octanol–water partition coefficient (Wildman–Crippen LogP) is 1.96. The summed E-state index contributed by atoms with van der Waals surface area (Å²) in [5.74, 6) is -0.234. The van der Waals surface area contributed by atoms with E-state index in [1.54, 1.807) is 18.2 Å². The van der Waals surface area contributed by atoms with E-state index in [0.717, 1.165) is 12.7 Å². The number of anilines is 1. The minimum Gasteiger partial charge on any atom is -0.350 e. The lowest BCUT2D eigenvalue weighted by molar-refractivity contribution is 0.0941. The zero-order chi connectivity index (χ0) is 19.2. The topological polar surface area (TPSA) is 78.5 Å². The molecule has 2 N–H and O–H groups in total. The molecule has 0 radical (unpaired) electrons. The number of nitrogens with zero attached hydrogens (tertiary/aromatic N) is 1. The molecule has 1 unspecified atom stereocenters. The normalized spacial score (nSPS) is 12.6. The Morgan fingerprint density at radius 1 is 1.08 bits per heavy atom. The summed E-state index contributed by atoms with van der Waals surface area (Å²) in [5, 5.41) is 2.93. The third-order valence-corrected chi connectivity index (χ3v) is 4.58. The van der Waals surface area contributed by atoms with E-state index in [0.29, 0.717) is 17.8 Å². The molecule has 0 aliphatic rings. The van der Waals surface area contributed by atoms with Crippen molar-refractivity contribution < 1.29 is 13.2 Å². The monoisotopic (exact) mass is 375 g/mol. The summed E-state index contributed by atoms with van der Waals surface area (Å²) in [6, 6.07) is 16.7. The SMILES string of the molecule is CN(C)C(CNC(=O)c1cccc(NS(C)(=O)=O)c1)Cc1ccccc1. The highest BCUT2D eigenvalue weighted by atomic mass is 32.2. The Bertz CT molecular complexity index is 836. The average Bonchev–Trinajstić information content (AvgIpc) is 2.57. The van der Waals surface area contributed by atoms with Gasteiger partial charge in [-0.1, -0.05) is 36.4 Å². The van der Waals surface area contributed by atoms with Gasteiger partial charge in [0.05, 0.1) is 6.26 Å². The molecule has 0 aliphatic carbocycles. The molecule has 140 valence electrons. The zero-order valence-electron chi connectivity index (χ0n) is 15.3. The molecule has 0 spiro atoms. The first-order chi connectivity index (χ1) is 12.2. The van der Waals surface area contributed by atoms with Gasteiger partial charge in [-0.25, -0.2) is 8.42 Å². The van der Waals surface area contributed by atoms with Crippen molar-refractivity contribution in [1.82, 2.24) is 10.2 Å². The van der Waals surface area contributed by atoms with Gasteiger partial charge in [0.1, 0.15) is 0 Å². The molecule has 26 heavy (non-hydrogen) atoms. The Balaban J connectivity index is 2.00. The van der Waals surface area contributed by atoms with Crippen LogP contribution in [0, 0.1) is 0 Å². The van der Waals surface area contributed by atoms with Gasteiger partial charge in [0.25, 0.3) is 5.91 Å². The molecule has 0 fully saturated rings. The van der Waals surface area contributed by atoms with Crippen LogP contribution >= 0.6 is 0 Å². The predicted molar refractivity (Wildman–Crippen MR) is 105 cm³/mol. The maximum absolute atomic E-state index is 12.4. The van der Waals surface area contributed by atoms with Crippen LogP contribution in [-0.4, -0.2) is 52.2 Å². The third-order valence-electron chi connectivity index (χ3n) is 3.97. The van der Waals surface area contributed by atoms with Crippen molar-refractivity contribution in [3.63, 3.8) is 0 Å². The van der Waals surface area contributed by atoms with Gasteiger partial charge >= 0.3 is 0 Å². The molecule has 7 heteroatoms. The fourth-order valence-electron chi connectivity index (χ4n) is 2.57. The quantitative estimate of drug-likeness (QED) is 0.739. The summed E-state index contributed by atoms with van der Waals surface area (Å²) in [6.07, 6.45) is 1.90. The van der Waals surface area contributed by atoms with E-state index >= 15 is 0 Å². The van der Waals surface area contributed by atoms with Crippen LogP contribution in [-0.2, 0) is 16.4 Å². The van der Waals surface area contributed by atoms with E-state index in [9.17, 15) is 13.2 Å². The summed E-state index contributed by atoms with van der Waals surface area (Å²) in [4.78, 5) is 14.5. The number of hydrogen-bond donors (Lipinski definition) is 2. The third kappa shape index (κ3) is 6.50. The molecular weight excluding hydrogens is 350 g/mol. The van der Waals surface area contributed by atoms with Crippen molar-refractivity contribution in [2.45, 2.75) is 12.5 Å². The fraction of sp³-hybridized carbons (Fsp3) is 0.316. The second-order valence-electron chi connectivity index (χ2n) is 6.47. The molecule has 0 saturated heterocycles. The van der Waals surface area contributed by atoms with E-state index in [4.69, 9.17) is 0 Å². The second-order valence-corrected chi connectivity index (χ2v) is 8.22. The van der Waals surface area contributed by atoms with E-state index in [-0.39, 0.29) is 11.9 Å². The maximum Gasteiger partial charge on any atom is 0.251 e. The molecule has 1 atom stereocenters. The number of amides is 1. The molecule has 6 nitrogen and oxygen atoms in total. The van der Waals surface area contributed by atoms with E-state index in [1.807, 2.05) is 32.3 Å². The van der Waals surface area contributed by atoms with E-state index < -0.39 is 10.0 Å². The number of sulfonamides is 1. The summed E-state index contributed by atoms with van der Waals surface area (Å²) >= 11 is 0. The van der Waals surface area contributed by atoms with Crippen LogP contribution in [0.3, 0.4) is 0 Å². The Kier molecular flexibility index (Phi) is 6.76. The highest BCUT2D eigenvalue weighted by Crippen LogP contribution is 2.12. The van der Waals surface area contributed by atoms with Gasteiger partial charge in [-0.3, -0.25) is 9.52 Å². The Morgan fingerprint density at radius 2 is 1.77 bits per heavy atom. The van der Waals surface area contributed by atoms with Gasteiger partial charge in [0.2, 0.25) is 10.0 Å². The molecule has 0 bridgehead atoms. The van der Waals surface area contributed by atoms with Crippen LogP contribution in [0.5, 0.6) is 0 Å². The van der Waals surface area contributed by atoms with Gasteiger partial charge in [-0.2, -0.15) is 0 Å². The van der Waals surface area contributed by atoms with Crippen molar-refractivity contribution in [2.75, 3.05) is 31.6 Å². The second kappa shape index (κ2) is 8.82. The molecule has 0 saturated carbocycles. The summed E-state index contributed by atoms with van der Waals surface area (Å²) in [5.41, 5.74) is 1.99. The maximum atomic E-state index is 12.4. The van der Waals surface area contributed by atoms with E-state index in [2.05, 4.69) is 27.1 Å². The highest BCUT2D eigenvalue weighted by Gasteiger charge is 2.15. The zero-order valence-corrected chi connectivity index (χ0v) is 16.1. The number of nitrogens with one attached hydrogen (secondary N) is 2. The van der Waals surface area contributed by atoms with Crippen molar-refractivity contribution in [3.8, 4) is 0 Å². The Morgan fingerprint density at radius 3 is 2.38 bits per heavy atom. The minimum atomic E-state index is -3.38. The van der Waals surface area contributed by atoms with Gasteiger partial charge in [0, 0.05) is 23.8 Å². The van der Waals surface area contributed by atoms with Gasteiger partial charge in [-0.05, 0) is 44.3 Å². The first-order valence-corrected chi connectivity index (χ1v) is 10.2. The molecule has 2 rings (SSSR count). The molecule has 2 aromatic rings. The number of carbonyl (C=O) groups excluding carboxylic acids is 1. The molecule has 0 aliphatic heterocycles. The van der Waals surface area contributed by atoms with Crippen molar-refractivity contribution in [3.05, 3.63) is 65.7 Å². The van der Waals surface area contributed by atoms with Crippen LogP contribution in [0.25, 0.3) is 0 Å². The molecule has 0 aromatic heterocycles. The van der Waals surface area contributed by atoms with Crippen LogP contribution in [0.4, 0.5) is 5.69 Å². The van der Waals surface area contributed by atoms with Crippen molar-refractivity contribution >= 4 is 21.6 Å². The van der Waals surface area contributed by atoms with Gasteiger partial charge in [0.15, 0.2) is 0 Å². The van der Waals surface area contributed by atoms with Gasteiger partial charge < -0.3 is 10.2 Å². The van der Waals surface area contributed by atoms with Crippen LogP contribution < -0.4 is 10.0 Å². The Labute approximate surface area is 155 Å². The highest BCUT2D eigenvalue weighted by molar-refractivity contribution is 7.92. The number of carbonyl (C=O) groups is 1. The number of likely N-dealkylation sites (N-methyl/N-ethyl adjacent to an activating group) is 1. The first kappa shape index (κ1) is 19.9. The van der Waals surface area contributed by atoms with Crippen LogP contribution in [0.2, 0.25) is 0 Å². The molecular formula is C19H25N3O3S. The lowest BCUT2D eigenvalue weighted by atomic mass is 10.0. The molecule has 1 amide bonds. The molecule has 0 heterocycles. The summed E-state index contributed by atoms with van der Waals surface area (Å²) < 4.78 is 25.0. The first-order valence-electron chi connectivity index (χ1n) is 8.31. The van der Waals surface area contributed by atoms with E-state index in [1.165, 1.54) is 11.6 Å². The standard InChI is InChI=1S/C19H25N3O3S/c1-22(2)18(12-15-8-5-4-6-9-15)14-20-19(23)16-10-7-11-17(13-16)21-26(3,24)25/h4-11,13,18,21H,12,14H2,1-3H3,(H,20,23). The van der Waals surface area contributed by atoms with Crippen LogP contribution in [0.15, 0.2) is 54.6 Å². The number of rotatable bonds is 8. The number of benzene rings is 2. The molecule has 2 aromatic carbocycles. The lowest BCUT2D eigenvalue weighted by Gasteiger charge is -2.25. The lowest BCUT2D eigenvalue weighted by Crippen LogP contribution is -2.41. The largest absolute Gasteiger partial charge is 0.350 e. The number of hydrogen-bond acceptors (Lipinski definition) is 4. The van der Waals surface area contributed by atoms with Crippen molar-refractivity contribution in [2.24, 2.45) is 0 Å². The Hall–Kier alpha value is -2.38. The van der Waals surface area contributed by atoms with Crippen molar-refractivity contribution in [1.29, 1.82) is 0 Å². The van der Waals surface area contributed by atoms with Gasteiger partial charge in [-0.15, -0.1) is 0 Å². The van der Waals surface area contributed by atoms with Crippen LogP contribution in [0.1, 0.15) is 15.9 Å². The summed E-state index contributed by atoms with van der Waals surface area (Å²) in [6.45, 7) is 0.491. The minimum absolute atomic E-state index is 0.152. The smallest absolute Gasteiger partial charge is 0.251 e.